The van der Waals surface area contributed by atoms with Gasteiger partial charge in [0, 0.05) is 24.8 Å². The molecule has 3 N–H and O–H groups in total. The quantitative estimate of drug-likeness (QED) is 0.334. The van der Waals surface area contributed by atoms with Crippen molar-refractivity contribution in [3.8, 4) is 5.95 Å². The van der Waals surface area contributed by atoms with E-state index in [0.717, 1.165) is 22.3 Å². The molecular formula is C25H22N8O. The number of benzene rings is 3. The van der Waals surface area contributed by atoms with Crippen LogP contribution in [0.2, 0.25) is 0 Å². The molecule has 0 aliphatic rings. The molecule has 2 aromatic heterocycles. The monoisotopic (exact) mass is 450 g/mol. The zero-order valence-electron chi connectivity index (χ0n) is 18.4. The predicted octanol–water partition coefficient (Wildman–Crippen LogP) is 4.52. The van der Waals surface area contributed by atoms with Gasteiger partial charge in [-0.15, -0.1) is 0 Å². The summed E-state index contributed by atoms with van der Waals surface area (Å²) in [5.74, 6) is 1.30. The van der Waals surface area contributed by atoms with Crippen molar-refractivity contribution < 1.29 is 4.79 Å². The molecule has 3 aromatic carbocycles. The minimum absolute atomic E-state index is 0.137. The number of aromatic nitrogens is 5. The number of nitrogens with one attached hydrogen (secondary N) is 3. The molecule has 168 valence electrons. The van der Waals surface area contributed by atoms with Crippen LogP contribution in [0, 0.1) is 0 Å². The molecule has 0 bridgehead atoms. The lowest BCUT2D eigenvalue weighted by Gasteiger charge is -2.11. The minimum atomic E-state index is -0.137. The molecule has 0 aliphatic heterocycles. The molecule has 0 radical (unpaired) electrons. The van der Waals surface area contributed by atoms with Crippen molar-refractivity contribution in [2.45, 2.75) is 13.5 Å². The zero-order valence-corrected chi connectivity index (χ0v) is 18.4. The fourth-order valence-electron chi connectivity index (χ4n) is 3.59. The normalized spacial score (nSPS) is 10.7. The van der Waals surface area contributed by atoms with E-state index in [1.807, 2.05) is 71.3 Å². The number of anilines is 4. The van der Waals surface area contributed by atoms with E-state index in [4.69, 9.17) is 4.98 Å². The maximum atomic E-state index is 11.4. The van der Waals surface area contributed by atoms with Crippen LogP contribution in [-0.4, -0.2) is 30.4 Å². The summed E-state index contributed by atoms with van der Waals surface area (Å²) in [6, 6.07) is 25.3. The molecule has 1 amide bonds. The number of imidazole rings is 1. The van der Waals surface area contributed by atoms with Crippen LogP contribution < -0.4 is 16.0 Å². The van der Waals surface area contributed by atoms with E-state index in [1.54, 1.807) is 0 Å². The molecule has 9 nitrogen and oxygen atoms in total. The van der Waals surface area contributed by atoms with E-state index in [0.29, 0.717) is 30.1 Å². The Labute approximate surface area is 195 Å². The summed E-state index contributed by atoms with van der Waals surface area (Å²) < 4.78 is 1.87. The third-order valence-corrected chi connectivity index (χ3v) is 5.05. The summed E-state index contributed by atoms with van der Waals surface area (Å²) in [5.41, 5.74) is 4.26. The number of hydrogen-bond donors (Lipinski definition) is 3. The number of carbonyl (C=O) groups excluding carboxylic acids is 1. The van der Waals surface area contributed by atoms with Crippen molar-refractivity contribution in [2.24, 2.45) is 0 Å². The summed E-state index contributed by atoms with van der Waals surface area (Å²) in [6.45, 7) is 2.08. The fraction of sp³-hybridized carbons (Fsp3) is 0.0800. The van der Waals surface area contributed by atoms with Gasteiger partial charge in [0.2, 0.25) is 23.8 Å². The van der Waals surface area contributed by atoms with Crippen molar-refractivity contribution >= 4 is 40.2 Å². The molecule has 9 heteroatoms. The van der Waals surface area contributed by atoms with Crippen LogP contribution in [0.1, 0.15) is 12.5 Å². The van der Waals surface area contributed by atoms with Crippen LogP contribution in [0.3, 0.4) is 0 Å². The molecule has 5 rings (SSSR count). The Hall–Kier alpha value is -4.79. The molecule has 0 fully saturated rings. The SMILES string of the molecule is CC(=O)Nc1cccc(Nc2ncnc(-n3c(NCc4ccccc4)nc4ccccc43)n2)c1. The van der Waals surface area contributed by atoms with Crippen molar-refractivity contribution in [3.05, 3.63) is 90.8 Å². The van der Waals surface area contributed by atoms with Crippen LogP contribution in [0.25, 0.3) is 17.0 Å². The minimum Gasteiger partial charge on any atom is -0.351 e. The van der Waals surface area contributed by atoms with E-state index in [2.05, 4.69) is 43.0 Å². The lowest BCUT2D eigenvalue weighted by Crippen LogP contribution is -2.10. The molecule has 0 spiro atoms. The highest BCUT2D eigenvalue weighted by Gasteiger charge is 2.15. The van der Waals surface area contributed by atoms with Crippen LogP contribution in [0.5, 0.6) is 0 Å². The van der Waals surface area contributed by atoms with Gasteiger partial charge in [0.05, 0.1) is 11.0 Å². The molecule has 0 atom stereocenters. The van der Waals surface area contributed by atoms with Crippen molar-refractivity contribution in [1.29, 1.82) is 0 Å². The Balaban J connectivity index is 1.47. The lowest BCUT2D eigenvalue weighted by molar-refractivity contribution is -0.114. The number of rotatable bonds is 7. The van der Waals surface area contributed by atoms with E-state index < -0.39 is 0 Å². The van der Waals surface area contributed by atoms with Crippen LogP contribution >= 0.6 is 0 Å². The molecule has 0 saturated heterocycles. The van der Waals surface area contributed by atoms with Gasteiger partial charge in [0.25, 0.3) is 0 Å². The van der Waals surface area contributed by atoms with E-state index in [-0.39, 0.29) is 5.91 Å². The first-order valence-corrected chi connectivity index (χ1v) is 10.7. The molecule has 2 heterocycles. The average Bonchev–Trinajstić information content (AvgIpc) is 3.22. The van der Waals surface area contributed by atoms with Gasteiger partial charge in [-0.1, -0.05) is 48.5 Å². The number of fused-ring (bicyclic) bond motifs is 1. The van der Waals surface area contributed by atoms with Gasteiger partial charge in [0.15, 0.2) is 0 Å². The Morgan fingerprint density at radius 1 is 0.882 bits per heavy atom. The molecule has 0 aliphatic carbocycles. The van der Waals surface area contributed by atoms with Crippen molar-refractivity contribution in [3.63, 3.8) is 0 Å². The Bertz CT molecular complexity index is 1450. The first kappa shape index (κ1) is 21.1. The van der Waals surface area contributed by atoms with E-state index in [1.165, 1.54) is 13.3 Å². The highest BCUT2D eigenvalue weighted by molar-refractivity contribution is 5.89. The summed E-state index contributed by atoms with van der Waals surface area (Å²) >= 11 is 0. The highest BCUT2D eigenvalue weighted by Crippen LogP contribution is 2.24. The number of hydrogen-bond acceptors (Lipinski definition) is 7. The van der Waals surface area contributed by atoms with Crippen molar-refractivity contribution in [2.75, 3.05) is 16.0 Å². The topological polar surface area (TPSA) is 110 Å². The molecule has 0 unspecified atom stereocenters. The van der Waals surface area contributed by atoms with E-state index in [9.17, 15) is 4.79 Å². The second kappa shape index (κ2) is 9.37. The van der Waals surface area contributed by atoms with Crippen molar-refractivity contribution in [1.82, 2.24) is 24.5 Å². The lowest BCUT2D eigenvalue weighted by atomic mass is 10.2. The molecular weight excluding hydrogens is 428 g/mol. The Morgan fingerprint density at radius 3 is 2.53 bits per heavy atom. The largest absolute Gasteiger partial charge is 0.351 e. The standard InChI is InChI=1S/C25H22N8O/c1-17(34)29-19-10-7-11-20(14-19)30-23-27-16-28-25(32-23)33-22-13-6-5-12-21(22)31-24(33)26-15-18-8-3-2-4-9-18/h2-14,16H,15H2,1H3,(H,26,31)(H,29,34)(H,27,28,30,32). The predicted molar refractivity (Wildman–Crippen MR) is 132 cm³/mol. The average molecular weight is 451 g/mol. The third-order valence-electron chi connectivity index (χ3n) is 5.05. The molecule has 0 saturated carbocycles. The zero-order chi connectivity index (χ0) is 23.3. The van der Waals surface area contributed by atoms with Crippen LogP contribution in [0.15, 0.2) is 85.2 Å². The number of carbonyl (C=O) groups is 1. The first-order chi connectivity index (χ1) is 16.7. The number of nitrogens with zero attached hydrogens (tertiary/aromatic N) is 5. The van der Waals surface area contributed by atoms with Gasteiger partial charge < -0.3 is 16.0 Å². The molecule has 5 aromatic rings. The summed E-state index contributed by atoms with van der Waals surface area (Å²) in [6.07, 6.45) is 1.46. The van der Waals surface area contributed by atoms with Gasteiger partial charge in [0.1, 0.15) is 6.33 Å². The van der Waals surface area contributed by atoms with Gasteiger partial charge in [-0.05, 0) is 35.9 Å². The number of para-hydroxylation sites is 2. The Morgan fingerprint density at radius 2 is 1.68 bits per heavy atom. The Kier molecular flexibility index (Phi) is 5.81. The summed E-state index contributed by atoms with van der Waals surface area (Å²) in [7, 11) is 0. The fourth-order valence-corrected chi connectivity index (χ4v) is 3.59. The smallest absolute Gasteiger partial charge is 0.241 e. The van der Waals surface area contributed by atoms with Gasteiger partial charge in [-0.25, -0.2) is 19.5 Å². The second-order valence-corrected chi connectivity index (χ2v) is 7.59. The maximum Gasteiger partial charge on any atom is 0.241 e. The van der Waals surface area contributed by atoms with Gasteiger partial charge >= 0.3 is 0 Å². The third kappa shape index (κ3) is 4.68. The van der Waals surface area contributed by atoms with E-state index >= 15 is 0 Å². The van der Waals surface area contributed by atoms with Crippen LogP contribution in [-0.2, 0) is 11.3 Å². The highest BCUT2D eigenvalue weighted by atomic mass is 16.1. The number of amides is 1. The van der Waals surface area contributed by atoms with Gasteiger partial charge in [-0.2, -0.15) is 4.98 Å². The second-order valence-electron chi connectivity index (χ2n) is 7.59. The maximum absolute atomic E-state index is 11.4. The van der Waals surface area contributed by atoms with Gasteiger partial charge in [-0.3, -0.25) is 4.79 Å². The summed E-state index contributed by atoms with van der Waals surface area (Å²) in [4.78, 5) is 29.4. The van der Waals surface area contributed by atoms with Crippen LogP contribution in [0.4, 0.5) is 23.3 Å². The molecule has 34 heavy (non-hydrogen) atoms. The first-order valence-electron chi connectivity index (χ1n) is 10.7. The summed E-state index contributed by atoms with van der Waals surface area (Å²) in [5, 5.41) is 9.35.